The molecule has 0 aliphatic carbocycles. The Labute approximate surface area is 99.1 Å². The van der Waals surface area contributed by atoms with Crippen molar-refractivity contribution in [3.63, 3.8) is 0 Å². The van der Waals surface area contributed by atoms with Gasteiger partial charge in [-0.15, -0.1) is 0 Å². The molecule has 0 aromatic heterocycles. The molecule has 0 saturated carbocycles. The van der Waals surface area contributed by atoms with Crippen LogP contribution in [-0.4, -0.2) is 7.11 Å². The normalized spacial score (nSPS) is 12.0. The minimum absolute atomic E-state index is 0.613. The predicted octanol–water partition coefficient (Wildman–Crippen LogP) is 4.55. The van der Waals surface area contributed by atoms with E-state index in [9.17, 15) is 0 Å². The van der Waals surface area contributed by atoms with Gasteiger partial charge in [0.15, 0.2) is 0 Å². The Hall–Kier alpha value is -1.24. The summed E-state index contributed by atoms with van der Waals surface area (Å²) in [5, 5.41) is 0. The van der Waals surface area contributed by atoms with Gasteiger partial charge in [-0.25, -0.2) is 0 Å². The van der Waals surface area contributed by atoms with Crippen LogP contribution in [-0.2, 0) is 0 Å². The van der Waals surface area contributed by atoms with Crippen LogP contribution in [0, 0.1) is 0 Å². The van der Waals surface area contributed by atoms with Crippen molar-refractivity contribution in [1.82, 2.24) is 0 Å². The van der Waals surface area contributed by atoms with Crippen LogP contribution in [0.25, 0.3) is 0 Å². The number of benzene rings is 1. The maximum atomic E-state index is 5.15. The summed E-state index contributed by atoms with van der Waals surface area (Å²) in [5.41, 5.74) is 2.80. The van der Waals surface area contributed by atoms with E-state index >= 15 is 0 Å². The Balaban J connectivity index is 2.52. The van der Waals surface area contributed by atoms with Gasteiger partial charge in [0.2, 0.25) is 0 Å². The average Bonchev–Trinajstić information content (AvgIpc) is 2.28. The summed E-state index contributed by atoms with van der Waals surface area (Å²) in [6.45, 7) is 6.58. The maximum Gasteiger partial charge on any atom is 0.118 e. The summed E-state index contributed by atoms with van der Waals surface area (Å²) in [6, 6.07) is 8.39. The van der Waals surface area contributed by atoms with E-state index in [1.807, 2.05) is 12.1 Å². The standard InChI is InChI=1S/C15H22O/c1-12(2)6-5-7-13(3)14-8-10-15(16-4)11-9-14/h6,8-11,13H,5,7H2,1-4H3. The second-order valence-electron chi connectivity index (χ2n) is 4.53. The highest BCUT2D eigenvalue weighted by Gasteiger charge is 2.04. The van der Waals surface area contributed by atoms with Crippen LogP contribution >= 0.6 is 0 Å². The molecule has 88 valence electrons. The number of allylic oxidation sites excluding steroid dienone is 2. The highest BCUT2D eigenvalue weighted by molar-refractivity contribution is 5.29. The van der Waals surface area contributed by atoms with Gasteiger partial charge in [0.25, 0.3) is 0 Å². The van der Waals surface area contributed by atoms with E-state index in [-0.39, 0.29) is 0 Å². The molecule has 0 heterocycles. The van der Waals surface area contributed by atoms with Crippen LogP contribution in [0.15, 0.2) is 35.9 Å². The first kappa shape index (κ1) is 12.8. The average molecular weight is 218 g/mol. The van der Waals surface area contributed by atoms with E-state index in [1.54, 1.807) is 7.11 Å². The van der Waals surface area contributed by atoms with E-state index in [2.05, 4.69) is 39.0 Å². The van der Waals surface area contributed by atoms with Crippen molar-refractivity contribution in [2.24, 2.45) is 0 Å². The van der Waals surface area contributed by atoms with Crippen molar-refractivity contribution in [1.29, 1.82) is 0 Å². The minimum Gasteiger partial charge on any atom is -0.497 e. The number of methoxy groups -OCH3 is 1. The molecule has 0 radical (unpaired) electrons. The fraction of sp³-hybridized carbons (Fsp3) is 0.467. The molecule has 0 saturated heterocycles. The number of hydrogen-bond donors (Lipinski definition) is 0. The Morgan fingerprint density at radius 1 is 1.25 bits per heavy atom. The largest absolute Gasteiger partial charge is 0.497 e. The molecule has 1 nitrogen and oxygen atoms in total. The quantitative estimate of drug-likeness (QED) is 0.659. The first-order valence-electron chi connectivity index (χ1n) is 5.90. The summed E-state index contributed by atoms with van der Waals surface area (Å²) < 4.78 is 5.15. The Morgan fingerprint density at radius 3 is 2.38 bits per heavy atom. The molecule has 1 aromatic carbocycles. The van der Waals surface area contributed by atoms with Crippen LogP contribution in [0.2, 0.25) is 0 Å². The molecule has 0 N–H and O–H groups in total. The topological polar surface area (TPSA) is 9.23 Å². The van der Waals surface area contributed by atoms with Crippen molar-refractivity contribution in [2.75, 3.05) is 7.11 Å². The first-order chi connectivity index (χ1) is 7.63. The number of hydrogen-bond acceptors (Lipinski definition) is 1. The van der Waals surface area contributed by atoms with E-state index in [1.165, 1.54) is 17.6 Å². The lowest BCUT2D eigenvalue weighted by Gasteiger charge is -2.11. The molecule has 16 heavy (non-hydrogen) atoms. The first-order valence-corrected chi connectivity index (χ1v) is 5.90. The van der Waals surface area contributed by atoms with Gasteiger partial charge in [0, 0.05) is 0 Å². The van der Waals surface area contributed by atoms with Crippen molar-refractivity contribution >= 4 is 0 Å². The Morgan fingerprint density at radius 2 is 1.88 bits per heavy atom. The van der Waals surface area contributed by atoms with Crippen LogP contribution in [0.4, 0.5) is 0 Å². The lowest BCUT2D eigenvalue weighted by atomic mass is 9.96. The smallest absolute Gasteiger partial charge is 0.118 e. The summed E-state index contributed by atoms with van der Waals surface area (Å²) in [6.07, 6.45) is 4.67. The monoisotopic (exact) mass is 218 g/mol. The van der Waals surface area contributed by atoms with Gasteiger partial charge in [-0.05, 0) is 50.3 Å². The van der Waals surface area contributed by atoms with E-state index < -0.39 is 0 Å². The fourth-order valence-electron chi connectivity index (χ4n) is 1.72. The molecule has 0 fully saturated rings. The van der Waals surface area contributed by atoms with Crippen molar-refractivity contribution in [3.05, 3.63) is 41.5 Å². The lowest BCUT2D eigenvalue weighted by molar-refractivity contribution is 0.414. The molecular formula is C15H22O. The van der Waals surface area contributed by atoms with Crippen LogP contribution < -0.4 is 4.74 Å². The van der Waals surface area contributed by atoms with Gasteiger partial charge in [0.05, 0.1) is 7.11 Å². The predicted molar refractivity (Wildman–Crippen MR) is 70.1 cm³/mol. The minimum atomic E-state index is 0.613. The van der Waals surface area contributed by atoms with Crippen LogP contribution in [0.5, 0.6) is 5.75 Å². The highest BCUT2D eigenvalue weighted by Crippen LogP contribution is 2.23. The third kappa shape index (κ3) is 4.09. The molecule has 0 spiro atoms. The third-order valence-electron chi connectivity index (χ3n) is 2.84. The zero-order chi connectivity index (χ0) is 12.0. The van der Waals surface area contributed by atoms with Gasteiger partial charge < -0.3 is 4.74 Å². The summed E-state index contributed by atoms with van der Waals surface area (Å²) in [7, 11) is 1.70. The molecular weight excluding hydrogens is 196 g/mol. The zero-order valence-electron chi connectivity index (χ0n) is 10.8. The van der Waals surface area contributed by atoms with Crippen LogP contribution in [0.3, 0.4) is 0 Å². The molecule has 0 aliphatic heterocycles. The summed E-state index contributed by atoms with van der Waals surface area (Å²) in [5.74, 6) is 1.54. The molecule has 1 aromatic rings. The molecule has 1 atom stereocenters. The Kier molecular flexibility index (Phi) is 5.10. The molecule has 0 bridgehead atoms. The third-order valence-corrected chi connectivity index (χ3v) is 2.84. The SMILES string of the molecule is COc1ccc(C(C)CCC=C(C)C)cc1. The molecule has 0 aliphatic rings. The number of rotatable bonds is 5. The van der Waals surface area contributed by atoms with E-state index in [4.69, 9.17) is 4.74 Å². The summed E-state index contributed by atoms with van der Waals surface area (Å²) >= 11 is 0. The van der Waals surface area contributed by atoms with E-state index in [0.717, 1.165) is 12.2 Å². The van der Waals surface area contributed by atoms with Crippen molar-refractivity contribution in [3.8, 4) is 5.75 Å². The van der Waals surface area contributed by atoms with Crippen molar-refractivity contribution in [2.45, 2.75) is 39.5 Å². The van der Waals surface area contributed by atoms with Gasteiger partial charge in [-0.3, -0.25) is 0 Å². The van der Waals surface area contributed by atoms with E-state index in [0.29, 0.717) is 5.92 Å². The van der Waals surface area contributed by atoms with Gasteiger partial charge >= 0.3 is 0 Å². The summed E-state index contributed by atoms with van der Waals surface area (Å²) in [4.78, 5) is 0. The molecule has 1 heteroatoms. The van der Waals surface area contributed by atoms with Crippen LogP contribution in [0.1, 0.15) is 45.1 Å². The fourth-order valence-corrected chi connectivity index (χ4v) is 1.72. The zero-order valence-corrected chi connectivity index (χ0v) is 10.8. The molecule has 1 unspecified atom stereocenters. The van der Waals surface area contributed by atoms with Gasteiger partial charge in [-0.1, -0.05) is 30.7 Å². The van der Waals surface area contributed by atoms with Gasteiger partial charge in [-0.2, -0.15) is 0 Å². The number of ether oxygens (including phenoxy) is 1. The second-order valence-corrected chi connectivity index (χ2v) is 4.53. The highest BCUT2D eigenvalue weighted by atomic mass is 16.5. The maximum absolute atomic E-state index is 5.15. The Bertz CT molecular complexity index is 331. The van der Waals surface area contributed by atoms with Crippen molar-refractivity contribution < 1.29 is 4.74 Å². The lowest BCUT2D eigenvalue weighted by Crippen LogP contribution is -1.93. The molecule has 1 rings (SSSR count). The van der Waals surface area contributed by atoms with Gasteiger partial charge in [0.1, 0.15) is 5.75 Å². The molecule has 0 amide bonds. The second kappa shape index (κ2) is 6.37.